The quantitative estimate of drug-likeness (QED) is 0.481. The molecule has 4 aliphatic rings. The SMILES string of the molecule is CC(C)c1c2c(cc3c1SC1(COC(C)(C)OC1)S3)SC1(COC(C)(C)OC1)S2. The summed E-state index contributed by atoms with van der Waals surface area (Å²) < 4.78 is 24.0. The van der Waals surface area contributed by atoms with Crippen molar-refractivity contribution in [1.29, 1.82) is 0 Å². The van der Waals surface area contributed by atoms with Gasteiger partial charge in [0.25, 0.3) is 0 Å². The van der Waals surface area contributed by atoms with Gasteiger partial charge in [-0.2, -0.15) is 0 Å². The van der Waals surface area contributed by atoms with Crippen molar-refractivity contribution < 1.29 is 18.9 Å². The van der Waals surface area contributed by atoms with Crippen LogP contribution in [0.2, 0.25) is 0 Å². The minimum Gasteiger partial charge on any atom is -0.348 e. The summed E-state index contributed by atoms with van der Waals surface area (Å²) in [6, 6.07) is 2.38. The van der Waals surface area contributed by atoms with E-state index in [1.54, 1.807) is 0 Å². The fourth-order valence-corrected chi connectivity index (χ4v) is 10.3. The average Bonchev–Trinajstić information content (AvgIpc) is 3.16. The van der Waals surface area contributed by atoms with Gasteiger partial charge in [-0.1, -0.05) is 13.8 Å². The summed E-state index contributed by atoms with van der Waals surface area (Å²) in [5, 5.41) is 0. The highest BCUT2D eigenvalue weighted by Gasteiger charge is 2.51. The second kappa shape index (κ2) is 6.98. The maximum atomic E-state index is 6.04. The number of hydrogen-bond donors (Lipinski definition) is 0. The van der Waals surface area contributed by atoms with Crippen molar-refractivity contribution in [3.8, 4) is 0 Å². The van der Waals surface area contributed by atoms with Crippen molar-refractivity contribution in [1.82, 2.24) is 0 Å². The van der Waals surface area contributed by atoms with E-state index >= 15 is 0 Å². The van der Waals surface area contributed by atoms with Crippen molar-refractivity contribution in [2.24, 2.45) is 0 Å². The Morgan fingerprint density at radius 3 is 1.41 bits per heavy atom. The van der Waals surface area contributed by atoms with Crippen LogP contribution in [0.4, 0.5) is 0 Å². The largest absolute Gasteiger partial charge is 0.348 e. The summed E-state index contributed by atoms with van der Waals surface area (Å²) in [5.41, 5.74) is 1.47. The van der Waals surface area contributed by atoms with E-state index < -0.39 is 11.6 Å². The van der Waals surface area contributed by atoms with Gasteiger partial charge in [0.15, 0.2) is 11.6 Å². The average molecular weight is 473 g/mol. The molecule has 2 fully saturated rings. The lowest BCUT2D eigenvalue weighted by Crippen LogP contribution is -2.46. The van der Waals surface area contributed by atoms with Crippen LogP contribution in [0.5, 0.6) is 0 Å². The lowest BCUT2D eigenvalue weighted by Gasteiger charge is -2.40. The first kappa shape index (κ1) is 21.3. The monoisotopic (exact) mass is 472 g/mol. The van der Waals surface area contributed by atoms with Crippen molar-refractivity contribution in [3.63, 3.8) is 0 Å². The third-order valence-electron chi connectivity index (χ3n) is 5.50. The van der Waals surface area contributed by atoms with E-state index in [4.69, 9.17) is 18.9 Å². The summed E-state index contributed by atoms with van der Waals surface area (Å²) in [7, 11) is 0. The standard InChI is InChI=1S/C21H28O4S4/c1-12(2)15-16-13(26-20(28-16)8-22-18(3,4)23-9-20)7-14-17(15)29-21(27-14)10-24-19(5,6)25-11-21/h7,12H,8-11H2,1-6H3. The Kier molecular flexibility index (Phi) is 5.13. The zero-order chi connectivity index (χ0) is 20.7. The topological polar surface area (TPSA) is 36.9 Å². The van der Waals surface area contributed by atoms with Gasteiger partial charge in [0, 0.05) is 19.6 Å². The van der Waals surface area contributed by atoms with Gasteiger partial charge in [0.2, 0.25) is 0 Å². The molecule has 2 spiro atoms. The molecule has 1 aromatic carbocycles. The molecule has 0 bridgehead atoms. The van der Waals surface area contributed by atoms with Crippen LogP contribution in [0.15, 0.2) is 25.6 Å². The van der Waals surface area contributed by atoms with Gasteiger partial charge >= 0.3 is 0 Å². The normalized spacial score (nSPS) is 28.1. The molecular formula is C21H28O4S4. The second-order valence-electron chi connectivity index (χ2n) is 9.28. The first-order chi connectivity index (χ1) is 13.5. The predicted octanol–water partition coefficient (Wildman–Crippen LogP) is 6.16. The number of fused-ring (bicyclic) bond motifs is 2. The minimum atomic E-state index is -0.489. The Bertz CT molecular complexity index is 769. The Morgan fingerprint density at radius 2 is 1.07 bits per heavy atom. The third kappa shape index (κ3) is 3.80. The van der Waals surface area contributed by atoms with Crippen molar-refractivity contribution >= 4 is 47.0 Å². The van der Waals surface area contributed by atoms with Crippen LogP contribution in [-0.4, -0.2) is 46.2 Å². The molecule has 29 heavy (non-hydrogen) atoms. The van der Waals surface area contributed by atoms with Crippen molar-refractivity contribution in [2.75, 3.05) is 26.4 Å². The van der Waals surface area contributed by atoms with E-state index in [9.17, 15) is 0 Å². The second-order valence-corrected chi connectivity index (χ2v) is 15.4. The van der Waals surface area contributed by atoms with Gasteiger partial charge in [-0.15, -0.1) is 47.0 Å². The molecular weight excluding hydrogens is 444 g/mol. The molecule has 0 unspecified atom stereocenters. The molecule has 4 nitrogen and oxygen atoms in total. The molecule has 0 amide bonds. The highest BCUT2D eigenvalue weighted by atomic mass is 32.2. The fraction of sp³-hybridized carbons (Fsp3) is 0.714. The molecule has 0 aromatic heterocycles. The molecule has 2 saturated heterocycles. The Morgan fingerprint density at radius 1 is 0.690 bits per heavy atom. The first-order valence-corrected chi connectivity index (χ1v) is 13.3. The van der Waals surface area contributed by atoms with Crippen LogP contribution >= 0.6 is 47.0 Å². The number of hydrogen-bond acceptors (Lipinski definition) is 8. The van der Waals surface area contributed by atoms with Crippen LogP contribution in [0, 0.1) is 0 Å². The van der Waals surface area contributed by atoms with E-state index in [1.165, 1.54) is 25.1 Å². The zero-order valence-corrected chi connectivity index (χ0v) is 21.0. The molecule has 0 atom stereocenters. The molecule has 8 heteroatoms. The summed E-state index contributed by atoms with van der Waals surface area (Å²) in [6.07, 6.45) is 0. The molecule has 0 radical (unpaired) electrons. The number of rotatable bonds is 1. The molecule has 0 aliphatic carbocycles. The smallest absolute Gasteiger partial charge is 0.162 e. The van der Waals surface area contributed by atoms with Crippen molar-refractivity contribution in [2.45, 2.75) is 86.8 Å². The van der Waals surface area contributed by atoms with E-state index in [1.807, 2.05) is 74.7 Å². The summed E-state index contributed by atoms with van der Waals surface area (Å²) in [6.45, 7) is 15.4. The predicted molar refractivity (Wildman–Crippen MR) is 121 cm³/mol. The lowest BCUT2D eigenvalue weighted by molar-refractivity contribution is -0.245. The van der Waals surface area contributed by atoms with Gasteiger partial charge in [-0.25, -0.2) is 0 Å². The number of ether oxygens (including phenoxy) is 4. The van der Waals surface area contributed by atoms with Crippen LogP contribution in [0.1, 0.15) is 53.0 Å². The van der Waals surface area contributed by atoms with Crippen LogP contribution in [0.25, 0.3) is 0 Å². The molecule has 160 valence electrons. The van der Waals surface area contributed by atoms with E-state index in [0.717, 1.165) is 0 Å². The van der Waals surface area contributed by atoms with E-state index in [2.05, 4.69) is 19.9 Å². The van der Waals surface area contributed by atoms with Crippen LogP contribution in [0.3, 0.4) is 0 Å². The molecule has 1 aromatic rings. The maximum Gasteiger partial charge on any atom is 0.162 e. The van der Waals surface area contributed by atoms with Crippen LogP contribution < -0.4 is 0 Å². The molecule has 0 saturated carbocycles. The Balaban J connectivity index is 1.46. The lowest BCUT2D eigenvalue weighted by atomic mass is 10.0. The maximum absolute atomic E-state index is 6.04. The first-order valence-electron chi connectivity index (χ1n) is 10.0. The summed E-state index contributed by atoms with van der Waals surface area (Å²) in [4.78, 5) is 5.57. The van der Waals surface area contributed by atoms with E-state index in [0.29, 0.717) is 32.3 Å². The summed E-state index contributed by atoms with van der Waals surface area (Å²) >= 11 is 7.73. The third-order valence-corrected chi connectivity index (χ3v) is 11.6. The van der Waals surface area contributed by atoms with Gasteiger partial charge in [-0.05, 0) is 45.2 Å². The molecule has 4 heterocycles. The number of benzene rings is 1. The van der Waals surface area contributed by atoms with Gasteiger partial charge < -0.3 is 18.9 Å². The highest BCUT2D eigenvalue weighted by molar-refractivity contribution is 8.21. The summed E-state index contributed by atoms with van der Waals surface area (Å²) in [5.74, 6) is -0.526. The van der Waals surface area contributed by atoms with Gasteiger partial charge in [0.1, 0.15) is 8.16 Å². The molecule has 4 aliphatic heterocycles. The highest BCUT2D eigenvalue weighted by Crippen LogP contribution is 2.66. The zero-order valence-electron chi connectivity index (χ0n) is 17.7. The fourth-order valence-electron chi connectivity index (χ4n) is 3.86. The van der Waals surface area contributed by atoms with Gasteiger partial charge in [-0.3, -0.25) is 0 Å². The Labute approximate surface area is 190 Å². The Hall–Kier alpha value is 0.460. The number of thioether (sulfide) groups is 4. The van der Waals surface area contributed by atoms with Crippen molar-refractivity contribution in [3.05, 3.63) is 11.6 Å². The minimum absolute atomic E-state index is 0.0787. The van der Waals surface area contributed by atoms with E-state index in [-0.39, 0.29) is 8.16 Å². The molecule has 5 rings (SSSR count). The van der Waals surface area contributed by atoms with Crippen LogP contribution in [-0.2, 0) is 18.9 Å². The van der Waals surface area contributed by atoms with Gasteiger partial charge in [0.05, 0.1) is 26.4 Å². The molecule has 0 N–H and O–H groups in total.